The molecular formula is C18H16N2OS. The summed E-state index contributed by atoms with van der Waals surface area (Å²) in [5.74, 6) is 4.41. The number of ether oxygens (including phenoxy) is 1. The molecule has 1 aromatic heterocycles. The molecule has 0 aliphatic carbocycles. The van der Waals surface area contributed by atoms with E-state index in [0.29, 0.717) is 13.2 Å². The average molecular weight is 308 g/mol. The van der Waals surface area contributed by atoms with Crippen molar-refractivity contribution in [3.63, 3.8) is 0 Å². The zero-order chi connectivity index (χ0) is 15.2. The maximum absolute atomic E-state index is 5.70. The molecule has 0 saturated heterocycles. The van der Waals surface area contributed by atoms with Gasteiger partial charge in [-0.25, -0.2) is 4.98 Å². The number of aromatic nitrogens is 2. The summed E-state index contributed by atoms with van der Waals surface area (Å²) in [5.41, 5.74) is 2.05. The Balaban J connectivity index is 1.66. The number of terminal acetylenes is 1. The highest BCUT2D eigenvalue weighted by Gasteiger charge is 2.09. The van der Waals surface area contributed by atoms with Crippen LogP contribution in [0, 0.1) is 12.3 Å². The second-order valence-corrected chi connectivity index (χ2v) is 5.75. The van der Waals surface area contributed by atoms with E-state index in [9.17, 15) is 0 Å². The third-order valence-electron chi connectivity index (χ3n) is 3.20. The molecule has 4 heteroatoms. The van der Waals surface area contributed by atoms with Gasteiger partial charge >= 0.3 is 0 Å². The van der Waals surface area contributed by atoms with Gasteiger partial charge in [-0.15, -0.1) is 6.42 Å². The van der Waals surface area contributed by atoms with E-state index in [2.05, 4.69) is 15.5 Å². The lowest BCUT2D eigenvalue weighted by Gasteiger charge is -2.07. The van der Waals surface area contributed by atoms with E-state index in [4.69, 9.17) is 11.2 Å². The molecule has 0 N–H and O–H groups in total. The standard InChI is InChI=1S/C18H16N2OS/c1-2-12-20-17-11-7-6-10-16(17)19-18(20)22-14-13-21-15-8-4-3-5-9-15/h1,3-11H,12-14H2. The number of imidazole rings is 1. The molecule has 0 saturated carbocycles. The number of rotatable bonds is 6. The molecule has 0 aliphatic heterocycles. The summed E-state index contributed by atoms with van der Waals surface area (Å²) in [6, 6.07) is 17.9. The van der Waals surface area contributed by atoms with Crippen LogP contribution in [0.2, 0.25) is 0 Å². The van der Waals surface area contributed by atoms with Crippen molar-refractivity contribution in [1.29, 1.82) is 0 Å². The predicted octanol–water partition coefficient (Wildman–Crippen LogP) is 3.84. The first-order valence-electron chi connectivity index (χ1n) is 7.08. The van der Waals surface area contributed by atoms with Gasteiger partial charge in [0.25, 0.3) is 0 Å². The minimum absolute atomic E-state index is 0.530. The number of benzene rings is 2. The molecule has 3 nitrogen and oxygen atoms in total. The van der Waals surface area contributed by atoms with Gasteiger partial charge in [0.05, 0.1) is 24.2 Å². The van der Waals surface area contributed by atoms with Crippen LogP contribution in [-0.4, -0.2) is 21.9 Å². The first-order valence-corrected chi connectivity index (χ1v) is 8.06. The van der Waals surface area contributed by atoms with Crippen molar-refractivity contribution in [1.82, 2.24) is 9.55 Å². The molecular weight excluding hydrogens is 292 g/mol. The van der Waals surface area contributed by atoms with Gasteiger partial charge in [0.15, 0.2) is 5.16 Å². The van der Waals surface area contributed by atoms with Gasteiger partial charge in [-0.3, -0.25) is 0 Å². The Morgan fingerprint density at radius 2 is 1.86 bits per heavy atom. The van der Waals surface area contributed by atoms with Crippen molar-refractivity contribution < 1.29 is 4.74 Å². The summed E-state index contributed by atoms with van der Waals surface area (Å²) < 4.78 is 7.78. The highest BCUT2D eigenvalue weighted by Crippen LogP contribution is 2.24. The molecule has 22 heavy (non-hydrogen) atoms. The fourth-order valence-corrected chi connectivity index (χ4v) is 3.05. The monoisotopic (exact) mass is 308 g/mol. The number of nitrogens with zero attached hydrogens (tertiary/aromatic N) is 2. The lowest BCUT2D eigenvalue weighted by atomic mass is 10.3. The molecule has 0 amide bonds. The summed E-state index contributed by atoms with van der Waals surface area (Å²) in [4.78, 5) is 4.65. The lowest BCUT2D eigenvalue weighted by Crippen LogP contribution is -2.03. The number of hydrogen-bond acceptors (Lipinski definition) is 3. The molecule has 0 fully saturated rings. The minimum Gasteiger partial charge on any atom is -0.493 e. The van der Waals surface area contributed by atoms with Crippen molar-refractivity contribution >= 4 is 22.8 Å². The maximum atomic E-state index is 5.70. The van der Waals surface area contributed by atoms with E-state index in [1.54, 1.807) is 11.8 Å². The van der Waals surface area contributed by atoms with Gasteiger partial charge in [-0.2, -0.15) is 0 Å². The van der Waals surface area contributed by atoms with E-state index < -0.39 is 0 Å². The Morgan fingerprint density at radius 3 is 2.68 bits per heavy atom. The molecule has 0 radical (unpaired) electrons. The van der Waals surface area contributed by atoms with Gasteiger partial charge in [-0.1, -0.05) is 48.0 Å². The van der Waals surface area contributed by atoms with Crippen LogP contribution < -0.4 is 4.74 Å². The smallest absolute Gasteiger partial charge is 0.170 e. The highest BCUT2D eigenvalue weighted by atomic mass is 32.2. The molecule has 3 rings (SSSR count). The van der Waals surface area contributed by atoms with Crippen molar-refractivity contribution in [3.8, 4) is 18.1 Å². The topological polar surface area (TPSA) is 27.1 Å². The lowest BCUT2D eigenvalue weighted by molar-refractivity contribution is 0.344. The van der Waals surface area contributed by atoms with Gasteiger partial charge in [-0.05, 0) is 24.3 Å². The van der Waals surface area contributed by atoms with E-state index in [-0.39, 0.29) is 0 Å². The summed E-state index contributed by atoms with van der Waals surface area (Å²) >= 11 is 1.66. The fourth-order valence-electron chi connectivity index (χ4n) is 2.22. The first kappa shape index (κ1) is 14.6. The predicted molar refractivity (Wildman–Crippen MR) is 91.2 cm³/mol. The van der Waals surface area contributed by atoms with Crippen LogP contribution >= 0.6 is 11.8 Å². The Kier molecular flexibility index (Phi) is 4.67. The summed E-state index contributed by atoms with van der Waals surface area (Å²) in [5, 5.41) is 0.941. The van der Waals surface area contributed by atoms with Crippen LogP contribution in [0.15, 0.2) is 59.8 Å². The van der Waals surface area contributed by atoms with Crippen LogP contribution in [-0.2, 0) is 6.54 Å². The molecule has 2 aromatic carbocycles. The van der Waals surface area contributed by atoms with E-state index in [1.165, 1.54) is 0 Å². The third kappa shape index (κ3) is 3.26. The zero-order valence-corrected chi connectivity index (χ0v) is 12.9. The molecule has 0 bridgehead atoms. The normalized spacial score (nSPS) is 10.5. The van der Waals surface area contributed by atoms with E-state index in [1.807, 2.05) is 54.6 Å². The van der Waals surface area contributed by atoms with Gasteiger partial charge in [0.2, 0.25) is 0 Å². The van der Waals surface area contributed by atoms with Crippen LogP contribution in [0.5, 0.6) is 5.75 Å². The quantitative estimate of drug-likeness (QED) is 0.393. The van der Waals surface area contributed by atoms with Gasteiger partial charge in [0, 0.05) is 5.75 Å². The number of hydrogen-bond donors (Lipinski definition) is 0. The summed E-state index contributed by atoms with van der Waals surface area (Å²) in [6.45, 7) is 1.16. The third-order valence-corrected chi connectivity index (χ3v) is 4.14. The Bertz CT molecular complexity index is 790. The summed E-state index contributed by atoms with van der Waals surface area (Å²) in [6.07, 6.45) is 5.48. The van der Waals surface area contributed by atoms with Crippen molar-refractivity contribution in [2.75, 3.05) is 12.4 Å². The number of fused-ring (bicyclic) bond motifs is 1. The molecule has 0 atom stereocenters. The van der Waals surface area contributed by atoms with Crippen molar-refractivity contribution in [3.05, 3.63) is 54.6 Å². The molecule has 0 aliphatic rings. The van der Waals surface area contributed by atoms with Gasteiger partial charge < -0.3 is 9.30 Å². The van der Waals surface area contributed by atoms with Crippen LogP contribution in [0.25, 0.3) is 11.0 Å². The molecule has 0 spiro atoms. The van der Waals surface area contributed by atoms with E-state index >= 15 is 0 Å². The Morgan fingerprint density at radius 1 is 1.09 bits per heavy atom. The largest absolute Gasteiger partial charge is 0.493 e. The second-order valence-electron chi connectivity index (χ2n) is 4.68. The number of para-hydroxylation sites is 3. The minimum atomic E-state index is 0.530. The zero-order valence-electron chi connectivity index (χ0n) is 12.1. The number of thioether (sulfide) groups is 1. The SMILES string of the molecule is C#CCn1c(SCCOc2ccccc2)nc2ccccc21. The molecule has 3 aromatic rings. The van der Waals surface area contributed by atoms with Crippen molar-refractivity contribution in [2.45, 2.75) is 11.7 Å². The maximum Gasteiger partial charge on any atom is 0.170 e. The van der Waals surface area contributed by atoms with Crippen LogP contribution in [0.1, 0.15) is 0 Å². The van der Waals surface area contributed by atoms with Crippen LogP contribution in [0.4, 0.5) is 0 Å². The molecule has 1 heterocycles. The van der Waals surface area contributed by atoms with Crippen LogP contribution in [0.3, 0.4) is 0 Å². The average Bonchev–Trinajstić information content (AvgIpc) is 2.91. The second kappa shape index (κ2) is 7.06. The molecule has 110 valence electrons. The fraction of sp³-hybridized carbons (Fsp3) is 0.167. The van der Waals surface area contributed by atoms with E-state index in [0.717, 1.165) is 27.7 Å². The molecule has 0 unspecified atom stereocenters. The van der Waals surface area contributed by atoms with Crippen molar-refractivity contribution in [2.24, 2.45) is 0 Å². The Labute approximate surface area is 134 Å². The summed E-state index contributed by atoms with van der Waals surface area (Å²) in [7, 11) is 0. The Hall–Kier alpha value is -2.38. The highest BCUT2D eigenvalue weighted by molar-refractivity contribution is 7.99. The van der Waals surface area contributed by atoms with Gasteiger partial charge in [0.1, 0.15) is 5.75 Å². The first-order chi connectivity index (χ1) is 10.9.